The van der Waals surface area contributed by atoms with Gasteiger partial charge in [-0.15, -0.1) is 0 Å². The molecule has 0 N–H and O–H groups in total. The summed E-state index contributed by atoms with van der Waals surface area (Å²) in [6.45, 7) is 9.63. The summed E-state index contributed by atoms with van der Waals surface area (Å²) in [4.78, 5) is 23.7. The van der Waals surface area contributed by atoms with Crippen LogP contribution in [-0.4, -0.2) is 30.1 Å². The lowest BCUT2D eigenvalue weighted by Gasteiger charge is -2.33. The van der Waals surface area contributed by atoms with Crippen LogP contribution in [0.1, 0.15) is 73.1 Å². The van der Waals surface area contributed by atoms with E-state index in [1.54, 1.807) is 14.0 Å². The summed E-state index contributed by atoms with van der Waals surface area (Å²) in [5, 5.41) is 0. The number of carbonyl (C=O) groups excluding carboxylic acids is 2. The molecule has 128 valence electrons. The van der Waals surface area contributed by atoms with Gasteiger partial charge in [0, 0.05) is 13.0 Å². The highest BCUT2D eigenvalue weighted by Gasteiger charge is 2.33. The second-order valence-corrected chi connectivity index (χ2v) is 7.80. The summed E-state index contributed by atoms with van der Waals surface area (Å²) in [6.07, 6.45) is 4.76. The standard InChI is InChI=1S/C18H32O4/c1-13(19)14-7-9-15(10-8-14)16(20)22-18(4,5)12-11-17(2,3)21-6/h14-15H,7-12H2,1-6H3. The number of hydrogen-bond acceptors (Lipinski definition) is 4. The van der Waals surface area contributed by atoms with Crippen molar-refractivity contribution in [1.82, 2.24) is 0 Å². The van der Waals surface area contributed by atoms with Gasteiger partial charge in [0.15, 0.2) is 0 Å². The van der Waals surface area contributed by atoms with Crippen LogP contribution >= 0.6 is 0 Å². The Morgan fingerprint density at radius 3 is 1.82 bits per heavy atom. The first kappa shape index (κ1) is 19.1. The smallest absolute Gasteiger partial charge is 0.309 e. The molecule has 4 nitrogen and oxygen atoms in total. The summed E-state index contributed by atoms with van der Waals surface area (Å²) < 4.78 is 11.1. The average Bonchev–Trinajstić information content (AvgIpc) is 2.45. The zero-order valence-corrected chi connectivity index (χ0v) is 15.0. The van der Waals surface area contributed by atoms with E-state index in [0.717, 1.165) is 38.5 Å². The molecule has 22 heavy (non-hydrogen) atoms. The highest BCUT2D eigenvalue weighted by atomic mass is 16.6. The van der Waals surface area contributed by atoms with Crippen LogP contribution in [0.5, 0.6) is 0 Å². The minimum absolute atomic E-state index is 0.0506. The number of carbonyl (C=O) groups is 2. The second-order valence-electron chi connectivity index (χ2n) is 7.80. The molecule has 1 fully saturated rings. The number of ketones is 1. The van der Waals surface area contributed by atoms with E-state index in [-0.39, 0.29) is 29.2 Å². The second kappa shape index (κ2) is 7.58. The topological polar surface area (TPSA) is 52.6 Å². The Labute approximate surface area is 134 Å². The summed E-state index contributed by atoms with van der Waals surface area (Å²) in [6, 6.07) is 0. The molecular formula is C18H32O4. The number of esters is 1. The van der Waals surface area contributed by atoms with E-state index in [9.17, 15) is 9.59 Å². The SMILES string of the molecule is COC(C)(C)CCC(C)(C)OC(=O)C1CCC(C(C)=O)CC1. The lowest BCUT2D eigenvalue weighted by atomic mass is 9.80. The van der Waals surface area contributed by atoms with Gasteiger partial charge >= 0.3 is 5.97 Å². The Morgan fingerprint density at radius 1 is 0.909 bits per heavy atom. The van der Waals surface area contributed by atoms with Crippen molar-refractivity contribution in [3.8, 4) is 0 Å². The quantitative estimate of drug-likeness (QED) is 0.669. The molecule has 0 aliphatic heterocycles. The molecule has 0 atom stereocenters. The molecule has 1 saturated carbocycles. The zero-order valence-electron chi connectivity index (χ0n) is 15.0. The maximum Gasteiger partial charge on any atom is 0.309 e. The molecule has 0 amide bonds. The normalized spacial score (nSPS) is 23.2. The molecular weight excluding hydrogens is 280 g/mol. The fraction of sp³-hybridized carbons (Fsp3) is 0.889. The van der Waals surface area contributed by atoms with Gasteiger partial charge in [-0.3, -0.25) is 9.59 Å². The molecule has 1 rings (SSSR count). The molecule has 0 unspecified atom stereocenters. The van der Waals surface area contributed by atoms with Gasteiger partial charge in [0.05, 0.1) is 11.5 Å². The number of Topliss-reactive ketones (excluding diaryl/α,β-unsaturated/α-hetero) is 1. The minimum atomic E-state index is -0.482. The van der Waals surface area contributed by atoms with Gasteiger partial charge < -0.3 is 9.47 Å². The first-order valence-corrected chi connectivity index (χ1v) is 8.35. The highest BCUT2D eigenvalue weighted by Crippen LogP contribution is 2.32. The largest absolute Gasteiger partial charge is 0.459 e. The van der Waals surface area contributed by atoms with Crippen molar-refractivity contribution in [1.29, 1.82) is 0 Å². The number of methoxy groups -OCH3 is 1. The Bertz CT molecular complexity index is 390. The monoisotopic (exact) mass is 312 g/mol. The van der Waals surface area contributed by atoms with Crippen LogP contribution in [0.3, 0.4) is 0 Å². The van der Waals surface area contributed by atoms with Gasteiger partial charge in [-0.25, -0.2) is 0 Å². The first-order chi connectivity index (χ1) is 10.1. The Balaban J connectivity index is 2.45. The first-order valence-electron chi connectivity index (χ1n) is 8.35. The van der Waals surface area contributed by atoms with Crippen molar-refractivity contribution in [2.75, 3.05) is 7.11 Å². The third-order valence-corrected chi connectivity index (χ3v) is 4.89. The van der Waals surface area contributed by atoms with E-state index >= 15 is 0 Å². The highest BCUT2D eigenvalue weighted by molar-refractivity contribution is 5.79. The summed E-state index contributed by atoms with van der Waals surface area (Å²) in [7, 11) is 1.70. The summed E-state index contributed by atoms with van der Waals surface area (Å²) in [5.41, 5.74) is -0.687. The molecule has 0 aromatic heterocycles. The number of hydrogen-bond donors (Lipinski definition) is 0. The molecule has 0 aromatic carbocycles. The summed E-state index contributed by atoms with van der Waals surface area (Å²) >= 11 is 0. The predicted octanol–water partition coefficient (Wildman–Crippen LogP) is 3.91. The van der Waals surface area contributed by atoms with Gasteiger partial charge in [-0.1, -0.05) is 0 Å². The van der Waals surface area contributed by atoms with Gasteiger partial charge in [-0.2, -0.15) is 0 Å². The molecule has 0 heterocycles. The Kier molecular flexibility index (Phi) is 6.60. The van der Waals surface area contributed by atoms with Gasteiger partial charge in [0.1, 0.15) is 11.4 Å². The van der Waals surface area contributed by atoms with Crippen LogP contribution in [0.2, 0.25) is 0 Å². The zero-order chi connectivity index (χ0) is 17.0. The van der Waals surface area contributed by atoms with Crippen molar-refractivity contribution in [3.63, 3.8) is 0 Å². The maximum atomic E-state index is 12.3. The van der Waals surface area contributed by atoms with E-state index in [1.165, 1.54) is 0 Å². The summed E-state index contributed by atoms with van der Waals surface area (Å²) in [5.74, 6) is 0.223. The van der Waals surface area contributed by atoms with E-state index in [4.69, 9.17) is 9.47 Å². The lowest BCUT2D eigenvalue weighted by Crippen LogP contribution is -2.36. The van der Waals surface area contributed by atoms with E-state index in [0.29, 0.717) is 0 Å². The Morgan fingerprint density at radius 2 is 1.36 bits per heavy atom. The van der Waals surface area contributed by atoms with Crippen molar-refractivity contribution < 1.29 is 19.1 Å². The van der Waals surface area contributed by atoms with Gasteiger partial charge in [0.25, 0.3) is 0 Å². The van der Waals surface area contributed by atoms with Gasteiger partial charge in [0.2, 0.25) is 0 Å². The number of rotatable bonds is 7. The third-order valence-electron chi connectivity index (χ3n) is 4.89. The van der Waals surface area contributed by atoms with Crippen LogP contribution in [0.15, 0.2) is 0 Å². The maximum absolute atomic E-state index is 12.3. The molecule has 4 heteroatoms. The van der Waals surface area contributed by atoms with Crippen LogP contribution in [0.25, 0.3) is 0 Å². The third kappa shape index (κ3) is 6.07. The minimum Gasteiger partial charge on any atom is -0.459 e. The number of ether oxygens (including phenoxy) is 2. The Hall–Kier alpha value is -0.900. The van der Waals surface area contributed by atoms with Crippen molar-refractivity contribution in [3.05, 3.63) is 0 Å². The fourth-order valence-electron chi connectivity index (χ4n) is 2.85. The van der Waals surface area contributed by atoms with Crippen molar-refractivity contribution >= 4 is 11.8 Å². The molecule has 0 radical (unpaired) electrons. The molecule has 0 bridgehead atoms. The van der Waals surface area contributed by atoms with Crippen LogP contribution in [0.4, 0.5) is 0 Å². The average molecular weight is 312 g/mol. The fourth-order valence-corrected chi connectivity index (χ4v) is 2.85. The van der Waals surface area contributed by atoms with E-state index in [1.807, 2.05) is 27.7 Å². The molecule has 0 spiro atoms. The van der Waals surface area contributed by atoms with Gasteiger partial charge in [-0.05, 0) is 73.1 Å². The van der Waals surface area contributed by atoms with Crippen molar-refractivity contribution in [2.24, 2.45) is 11.8 Å². The molecule has 0 aromatic rings. The van der Waals surface area contributed by atoms with Crippen LogP contribution in [0, 0.1) is 11.8 Å². The molecule has 1 aliphatic rings. The van der Waals surface area contributed by atoms with Crippen LogP contribution in [-0.2, 0) is 19.1 Å². The lowest BCUT2D eigenvalue weighted by molar-refractivity contribution is -0.165. The van der Waals surface area contributed by atoms with Crippen LogP contribution < -0.4 is 0 Å². The predicted molar refractivity (Wildman–Crippen MR) is 86.6 cm³/mol. The van der Waals surface area contributed by atoms with E-state index in [2.05, 4.69) is 0 Å². The van der Waals surface area contributed by atoms with Crippen molar-refractivity contribution in [2.45, 2.75) is 84.3 Å². The molecule has 0 saturated heterocycles. The van der Waals surface area contributed by atoms with E-state index < -0.39 is 5.60 Å². The molecule has 1 aliphatic carbocycles.